The van der Waals surface area contributed by atoms with Crippen LogP contribution in [0.15, 0.2) is 43.1 Å². The van der Waals surface area contributed by atoms with Gasteiger partial charge in [-0.05, 0) is 70.9 Å². The summed E-state index contributed by atoms with van der Waals surface area (Å²) in [6, 6.07) is 4.42. The first-order chi connectivity index (χ1) is 19.0. The third-order valence-electron chi connectivity index (χ3n) is 7.74. The maximum absolute atomic E-state index is 13.0. The van der Waals surface area contributed by atoms with E-state index in [0.29, 0.717) is 30.6 Å². The third-order valence-corrected chi connectivity index (χ3v) is 7.74. The van der Waals surface area contributed by atoms with Crippen LogP contribution in [0.4, 0.5) is 5.82 Å². The Kier molecular flexibility index (Phi) is 6.82. The summed E-state index contributed by atoms with van der Waals surface area (Å²) in [7, 11) is 0. The van der Waals surface area contributed by atoms with E-state index in [-0.39, 0.29) is 17.8 Å². The average molecular weight is 527 g/mol. The van der Waals surface area contributed by atoms with Gasteiger partial charge in [0.1, 0.15) is 12.1 Å². The first kappa shape index (κ1) is 25.2. The van der Waals surface area contributed by atoms with Gasteiger partial charge in [-0.2, -0.15) is 9.61 Å². The number of carbonyl (C=O) groups excluding carboxylic acids is 1. The zero-order valence-electron chi connectivity index (χ0n) is 22.3. The number of nitrogens with two attached hydrogens (primary N) is 1. The number of nitrogens with zero attached hydrogens (tertiary/aromatic N) is 7. The minimum atomic E-state index is -0.217. The van der Waals surface area contributed by atoms with Crippen LogP contribution in [0.5, 0.6) is 0 Å². The van der Waals surface area contributed by atoms with E-state index in [1.165, 1.54) is 12.7 Å². The van der Waals surface area contributed by atoms with Gasteiger partial charge in [-0.1, -0.05) is 12.1 Å². The van der Waals surface area contributed by atoms with Crippen LogP contribution in [0.25, 0.3) is 16.8 Å². The predicted octanol–water partition coefficient (Wildman–Crippen LogP) is 3.79. The lowest BCUT2D eigenvalue weighted by molar-refractivity contribution is 0.0761. The summed E-state index contributed by atoms with van der Waals surface area (Å²) < 4.78 is 1.77. The molecule has 1 aliphatic carbocycles. The highest BCUT2D eigenvalue weighted by Gasteiger charge is 2.32. The molecule has 6 rings (SSSR count). The second-order valence-corrected chi connectivity index (χ2v) is 10.5. The van der Waals surface area contributed by atoms with Gasteiger partial charge in [-0.25, -0.2) is 4.98 Å². The molecular weight excluding hydrogens is 492 g/mol. The average Bonchev–Trinajstić information content (AvgIpc) is 3.36. The maximum atomic E-state index is 13.0. The molecule has 1 saturated carbocycles. The Balaban J connectivity index is 1.29. The number of carbonyl (C=O) groups is 1. The standard InChI is InChI=1S/C28H34N10O/c1-3-13-37(28(39)26-32-16-33-36-26)17(2)6-10-23-24(18-7-8-18)25(29)38-27(35-23)20(15-34-38)19-9-11-22(31-14-19)21-5-4-12-30-21/h3,9,11,13-18,21,30H,4-8,10,12,29H2,1-2H3,(H,32,33,36)/b13-3-/t17-,21?/m1/s1. The van der Waals surface area contributed by atoms with Crippen LogP contribution < -0.4 is 11.1 Å². The first-order valence-electron chi connectivity index (χ1n) is 13.7. The number of nitrogen functional groups attached to an aromatic ring is 1. The lowest BCUT2D eigenvalue weighted by atomic mass is 10.0. The molecular formula is C28H34N10O. The normalized spacial score (nSPS) is 18.3. The van der Waals surface area contributed by atoms with Crippen molar-refractivity contribution < 1.29 is 4.79 Å². The van der Waals surface area contributed by atoms with Gasteiger partial charge < -0.3 is 20.9 Å². The second-order valence-electron chi connectivity index (χ2n) is 10.5. The van der Waals surface area contributed by atoms with E-state index >= 15 is 0 Å². The number of fused-ring (bicyclic) bond motifs is 1. The summed E-state index contributed by atoms with van der Waals surface area (Å²) in [6.07, 6.45) is 14.7. The Bertz CT molecular complexity index is 1480. The molecule has 0 aromatic carbocycles. The molecule has 4 aromatic rings. The fraction of sp³-hybridized carbons (Fsp3) is 0.429. The summed E-state index contributed by atoms with van der Waals surface area (Å²) in [5, 5.41) is 15.8. The van der Waals surface area contributed by atoms with Crippen LogP contribution in [0, 0.1) is 0 Å². The summed E-state index contributed by atoms with van der Waals surface area (Å²) in [5.74, 6) is 1.06. The second kappa shape index (κ2) is 10.6. The number of aromatic nitrogens is 7. The minimum absolute atomic E-state index is 0.0876. The third kappa shape index (κ3) is 4.89. The number of anilines is 1. The molecule has 4 aromatic heterocycles. The smallest absolute Gasteiger partial charge is 0.295 e. The molecule has 1 aliphatic heterocycles. The van der Waals surface area contributed by atoms with Crippen LogP contribution in [0.1, 0.15) is 85.5 Å². The van der Waals surface area contributed by atoms with Crippen molar-refractivity contribution >= 4 is 17.4 Å². The predicted molar refractivity (Wildman–Crippen MR) is 148 cm³/mol. The number of hydrogen-bond acceptors (Lipinski definition) is 8. The molecule has 2 fully saturated rings. The molecule has 1 saturated heterocycles. The topological polar surface area (TPSA) is 143 Å². The van der Waals surface area contributed by atoms with Crippen LogP contribution in [-0.2, 0) is 6.42 Å². The Hall–Kier alpha value is -4.12. The van der Waals surface area contributed by atoms with E-state index in [1.54, 1.807) is 15.6 Å². The monoisotopic (exact) mass is 526 g/mol. The Morgan fingerprint density at radius 3 is 2.82 bits per heavy atom. The number of nitrogens with one attached hydrogen (secondary N) is 2. The number of aryl methyl sites for hydroxylation is 1. The largest absolute Gasteiger partial charge is 0.383 e. The van der Waals surface area contributed by atoms with Gasteiger partial charge in [0.05, 0.1) is 17.6 Å². The van der Waals surface area contributed by atoms with E-state index in [9.17, 15) is 4.79 Å². The molecule has 4 N–H and O–H groups in total. The van der Waals surface area contributed by atoms with Crippen LogP contribution in [0.2, 0.25) is 0 Å². The van der Waals surface area contributed by atoms with Gasteiger partial charge in [-0.3, -0.25) is 9.78 Å². The van der Waals surface area contributed by atoms with Gasteiger partial charge in [0.2, 0.25) is 5.82 Å². The first-order valence-corrected chi connectivity index (χ1v) is 13.7. The molecule has 11 nitrogen and oxygen atoms in total. The highest BCUT2D eigenvalue weighted by Crippen LogP contribution is 2.45. The van der Waals surface area contributed by atoms with Crippen molar-refractivity contribution in [2.75, 3.05) is 12.3 Å². The van der Waals surface area contributed by atoms with Crippen molar-refractivity contribution in [1.29, 1.82) is 0 Å². The van der Waals surface area contributed by atoms with Crippen LogP contribution in [-0.4, -0.2) is 58.2 Å². The minimum Gasteiger partial charge on any atom is -0.383 e. The molecule has 5 heterocycles. The number of allylic oxidation sites excluding steroid dienone is 1. The molecule has 0 bridgehead atoms. The maximum Gasteiger partial charge on any atom is 0.295 e. The molecule has 1 amide bonds. The number of aromatic amines is 1. The van der Waals surface area contributed by atoms with Crippen molar-refractivity contribution in [3.05, 3.63) is 65.9 Å². The van der Waals surface area contributed by atoms with E-state index in [0.717, 1.165) is 59.5 Å². The van der Waals surface area contributed by atoms with E-state index in [1.807, 2.05) is 32.3 Å². The number of H-pyrrole nitrogens is 1. The van der Waals surface area contributed by atoms with Gasteiger partial charge in [0, 0.05) is 41.2 Å². The summed E-state index contributed by atoms with van der Waals surface area (Å²) in [5.41, 5.74) is 12.5. The van der Waals surface area contributed by atoms with Crippen LogP contribution in [0.3, 0.4) is 0 Å². The summed E-state index contributed by atoms with van der Waals surface area (Å²) in [6.45, 7) is 4.96. The number of amides is 1. The van der Waals surface area contributed by atoms with Gasteiger partial charge in [-0.15, -0.1) is 10.2 Å². The fourth-order valence-electron chi connectivity index (χ4n) is 5.49. The van der Waals surface area contributed by atoms with Gasteiger partial charge in [0.25, 0.3) is 5.91 Å². The van der Waals surface area contributed by atoms with Gasteiger partial charge in [0.15, 0.2) is 5.65 Å². The number of pyridine rings is 1. The highest BCUT2D eigenvalue weighted by atomic mass is 16.2. The lowest BCUT2D eigenvalue weighted by Gasteiger charge is -2.25. The molecule has 39 heavy (non-hydrogen) atoms. The molecule has 0 radical (unpaired) electrons. The van der Waals surface area contributed by atoms with Crippen molar-refractivity contribution in [3.8, 4) is 11.1 Å². The molecule has 0 spiro atoms. The summed E-state index contributed by atoms with van der Waals surface area (Å²) >= 11 is 0. The van der Waals surface area contributed by atoms with Crippen molar-refractivity contribution in [2.24, 2.45) is 0 Å². The van der Waals surface area contributed by atoms with E-state index in [2.05, 4.69) is 37.7 Å². The SMILES string of the molecule is C/C=C\N(C(=O)c1nnc[nH]1)[C@H](C)CCc1nc2c(-c3ccc(C4CCCN4)nc3)cnn2c(N)c1C1CC1. The molecule has 2 atom stereocenters. The molecule has 2 aliphatic rings. The van der Waals surface area contributed by atoms with Crippen molar-refractivity contribution in [1.82, 2.24) is 45.0 Å². The van der Waals surface area contributed by atoms with Crippen molar-refractivity contribution in [3.63, 3.8) is 0 Å². The van der Waals surface area contributed by atoms with Gasteiger partial charge >= 0.3 is 0 Å². The zero-order chi connectivity index (χ0) is 26.9. The number of rotatable bonds is 9. The van der Waals surface area contributed by atoms with E-state index in [4.69, 9.17) is 15.7 Å². The summed E-state index contributed by atoms with van der Waals surface area (Å²) in [4.78, 5) is 27.4. The fourth-order valence-corrected chi connectivity index (χ4v) is 5.49. The Labute approximate surface area is 226 Å². The van der Waals surface area contributed by atoms with Crippen LogP contribution >= 0.6 is 0 Å². The molecule has 202 valence electrons. The lowest BCUT2D eigenvalue weighted by Crippen LogP contribution is -2.35. The Morgan fingerprint density at radius 1 is 1.28 bits per heavy atom. The van der Waals surface area contributed by atoms with Crippen molar-refractivity contribution in [2.45, 2.75) is 70.4 Å². The quantitative estimate of drug-likeness (QED) is 0.299. The molecule has 1 unspecified atom stereocenters. The molecule has 11 heteroatoms. The zero-order valence-corrected chi connectivity index (χ0v) is 22.3. The Morgan fingerprint density at radius 2 is 2.15 bits per heavy atom. The highest BCUT2D eigenvalue weighted by molar-refractivity contribution is 5.91. The number of hydrogen-bond donors (Lipinski definition) is 3. The van der Waals surface area contributed by atoms with E-state index < -0.39 is 0 Å².